The van der Waals surface area contributed by atoms with E-state index in [-0.39, 0.29) is 11.8 Å². The molecule has 0 radical (unpaired) electrons. The van der Waals surface area contributed by atoms with Gasteiger partial charge in [-0.15, -0.1) is 0 Å². The van der Waals surface area contributed by atoms with E-state index in [1.165, 1.54) is 6.07 Å². The Morgan fingerprint density at radius 3 is 2.76 bits per heavy atom. The zero-order valence-electron chi connectivity index (χ0n) is 11.2. The monoisotopic (exact) mass is 304 g/mol. The minimum absolute atomic E-state index is 0.137. The van der Waals surface area contributed by atoms with Gasteiger partial charge in [0.15, 0.2) is 0 Å². The molecule has 0 aliphatic carbocycles. The van der Waals surface area contributed by atoms with Gasteiger partial charge in [0.1, 0.15) is 5.56 Å². The minimum Gasteiger partial charge on any atom is -0.385 e. The van der Waals surface area contributed by atoms with Crippen LogP contribution in [0.3, 0.4) is 0 Å². The molecule has 0 amide bonds. The lowest BCUT2D eigenvalue weighted by atomic mass is 10.1. The first-order valence-corrected chi connectivity index (χ1v) is 6.59. The van der Waals surface area contributed by atoms with Gasteiger partial charge in [0.05, 0.1) is 11.0 Å². The van der Waals surface area contributed by atoms with Gasteiger partial charge in [0.2, 0.25) is 0 Å². The number of nitro groups is 1. The Labute approximate surface area is 119 Å². The van der Waals surface area contributed by atoms with E-state index in [9.17, 15) is 23.3 Å². The third kappa shape index (κ3) is 4.07. The summed E-state index contributed by atoms with van der Waals surface area (Å²) in [6.45, 7) is 1.18. The predicted octanol–water partition coefficient (Wildman–Crippen LogP) is 3.59. The van der Waals surface area contributed by atoms with Crippen molar-refractivity contribution in [2.45, 2.75) is 31.5 Å². The average molecular weight is 304 g/mol. The van der Waals surface area contributed by atoms with Crippen LogP contribution in [0.1, 0.15) is 24.8 Å². The molecule has 8 heteroatoms. The number of nitrogens with zero attached hydrogens (tertiary/aromatic N) is 1. The van der Waals surface area contributed by atoms with Gasteiger partial charge in [0, 0.05) is 24.9 Å². The minimum atomic E-state index is -4.76. The van der Waals surface area contributed by atoms with Gasteiger partial charge < -0.3 is 10.1 Å². The van der Waals surface area contributed by atoms with Crippen LogP contribution in [-0.4, -0.2) is 24.2 Å². The van der Waals surface area contributed by atoms with E-state index in [1.54, 1.807) is 0 Å². The molecule has 116 valence electrons. The lowest BCUT2D eigenvalue weighted by Crippen LogP contribution is -2.14. The van der Waals surface area contributed by atoms with Crippen LogP contribution in [0.15, 0.2) is 18.2 Å². The lowest BCUT2D eigenvalue weighted by Gasteiger charge is -2.13. The molecular formula is C13H15F3N2O3. The Kier molecular flexibility index (Phi) is 4.66. The molecule has 0 aromatic heterocycles. The molecule has 1 unspecified atom stereocenters. The van der Waals surface area contributed by atoms with Crippen molar-refractivity contribution in [3.8, 4) is 0 Å². The maximum absolute atomic E-state index is 12.8. The van der Waals surface area contributed by atoms with E-state index >= 15 is 0 Å². The molecule has 1 aliphatic heterocycles. The summed E-state index contributed by atoms with van der Waals surface area (Å²) in [5.41, 5.74) is -1.97. The summed E-state index contributed by atoms with van der Waals surface area (Å²) < 4.78 is 43.8. The van der Waals surface area contributed by atoms with Gasteiger partial charge in [-0.05, 0) is 31.4 Å². The molecule has 1 heterocycles. The number of rotatable bonds is 5. The summed E-state index contributed by atoms with van der Waals surface area (Å²) in [5, 5.41) is 13.5. The van der Waals surface area contributed by atoms with E-state index in [1.807, 2.05) is 0 Å². The number of anilines is 1. The van der Waals surface area contributed by atoms with Crippen LogP contribution in [0.2, 0.25) is 0 Å². The molecular weight excluding hydrogens is 289 g/mol. The SMILES string of the molecule is O=[N+]([O-])c1ccc(NCCC2CCCO2)cc1C(F)(F)F. The van der Waals surface area contributed by atoms with Crippen molar-refractivity contribution in [3.63, 3.8) is 0 Å². The van der Waals surface area contributed by atoms with Crippen LogP contribution >= 0.6 is 0 Å². The number of benzene rings is 1. The highest BCUT2D eigenvalue weighted by Gasteiger charge is 2.38. The molecule has 0 bridgehead atoms. The second-order valence-electron chi connectivity index (χ2n) is 4.84. The molecule has 5 nitrogen and oxygen atoms in total. The molecule has 1 aromatic rings. The van der Waals surface area contributed by atoms with E-state index in [2.05, 4.69) is 5.32 Å². The quantitative estimate of drug-likeness (QED) is 0.667. The van der Waals surface area contributed by atoms with Crippen LogP contribution in [0.5, 0.6) is 0 Å². The zero-order valence-corrected chi connectivity index (χ0v) is 11.2. The smallest absolute Gasteiger partial charge is 0.385 e. The third-order valence-electron chi connectivity index (χ3n) is 3.32. The number of nitrogens with one attached hydrogen (secondary N) is 1. The largest absolute Gasteiger partial charge is 0.423 e. The predicted molar refractivity (Wildman–Crippen MR) is 70.2 cm³/mol. The number of nitro benzene ring substituents is 1. The Bertz CT molecular complexity index is 514. The fourth-order valence-corrected chi connectivity index (χ4v) is 2.28. The van der Waals surface area contributed by atoms with E-state index < -0.39 is 22.4 Å². The number of ether oxygens (including phenoxy) is 1. The van der Waals surface area contributed by atoms with E-state index in [0.29, 0.717) is 13.0 Å². The van der Waals surface area contributed by atoms with Gasteiger partial charge in [0.25, 0.3) is 5.69 Å². The summed E-state index contributed by atoms with van der Waals surface area (Å²) in [6, 6.07) is 2.92. The molecule has 0 saturated carbocycles. The number of alkyl halides is 3. The second kappa shape index (κ2) is 6.30. The molecule has 2 rings (SSSR count). The van der Waals surface area contributed by atoms with Crippen LogP contribution in [0.4, 0.5) is 24.5 Å². The highest BCUT2D eigenvalue weighted by atomic mass is 19.4. The first-order valence-electron chi connectivity index (χ1n) is 6.59. The van der Waals surface area contributed by atoms with Crippen molar-refractivity contribution < 1.29 is 22.8 Å². The number of hydrogen-bond acceptors (Lipinski definition) is 4. The highest BCUT2D eigenvalue weighted by molar-refractivity contribution is 5.55. The molecule has 1 N–H and O–H groups in total. The van der Waals surface area contributed by atoms with Crippen LogP contribution in [0.25, 0.3) is 0 Å². The second-order valence-corrected chi connectivity index (χ2v) is 4.84. The van der Waals surface area contributed by atoms with Crippen molar-refractivity contribution in [1.82, 2.24) is 0 Å². The van der Waals surface area contributed by atoms with Gasteiger partial charge in [-0.2, -0.15) is 13.2 Å². The third-order valence-corrected chi connectivity index (χ3v) is 3.32. The van der Waals surface area contributed by atoms with Crippen LogP contribution in [0, 0.1) is 10.1 Å². The van der Waals surface area contributed by atoms with Crippen molar-refractivity contribution >= 4 is 11.4 Å². The maximum Gasteiger partial charge on any atom is 0.423 e. The Morgan fingerprint density at radius 2 is 2.19 bits per heavy atom. The summed E-state index contributed by atoms with van der Waals surface area (Å²) in [7, 11) is 0. The molecule has 0 spiro atoms. The number of halogens is 3. The first-order chi connectivity index (χ1) is 9.88. The van der Waals surface area contributed by atoms with Gasteiger partial charge in [-0.3, -0.25) is 10.1 Å². The summed E-state index contributed by atoms with van der Waals surface area (Å²) in [6.07, 6.45) is -1.97. The van der Waals surface area contributed by atoms with Crippen molar-refractivity contribution in [1.29, 1.82) is 0 Å². The van der Waals surface area contributed by atoms with Gasteiger partial charge in [-0.1, -0.05) is 0 Å². The van der Waals surface area contributed by atoms with Crippen molar-refractivity contribution in [2.24, 2.45) is 0 Å². The lowest BCUT2D eigenvalue weighted by molar-refractivity contribution is -0.388. The standard InChI is InChI=1S/C13H15F3N2O3/c14-13(15,16)11-8-9(3-4-12(11)18(19)20)17-6-5-10-2-1-7-21-10/h3-4,8,10,17H,1-2,5-7H2. The molecule has 1 atom stereocenters. The molecule has 1 saturated heterocycles. The number of hydrogen-bond donors (Lipinski definition) is 1. The van der Waals surface area contributed by atoms with E-state index in [0.717, 1.165) is 31.6 Å². The fourth-order valence-electron chi connectivity index (χ4n) is 2.28. The van der Waals surface area contributed by atoms with Crippen LogP contribution in [-0.2, 0) is 10.9 Å². The highest BCUT2D eigenvalue weighted by Crippen LogP contribution is 2.37. The summed E-state index contributed by atoms with van der Waals surface area (Å²) in [5.74, 6) is 0. The average Bonchev–Trinajstić information content (AvgIpc) is 2.90. The van der Waals surface area contributed by atoms with Crippen LogP contribution < -0.4 is 5.32 Å². The maximum atomic E-state index is 12.8. The summed E-state index contributed by atoms with van der Waals surface area (Å²) >= 11 is 0. The Balaban J connectivity index is 2.04. The van der Waals surface area contributed by atoms with Crippen molar-refractivity contribution in [3.05, 3.63) is 33.9 Å². The fraction of sp³-hybridized carbons (Fsp3) is 0.538. The molecule has 21 heavy (non-hydrogen) atoms. The van der Waals surface area contributed by atoms with Crippen molar-refractivity contribution in [2.75, 3.05) is 18.5 Å². The van der Waals surface area contributed by atoms with Gasteiger partial charge >= 0.3 is 6.18 Å². The van der Waals surface area contributed by atoms with E-state index in [4.69, 9.17) is 4.74 Å². The molecule has 1 aliphatic rings. The summed E-state index contributed by atoms with van der Waals surface area (Å²) in [4.78, 5) is 9.61. The zero-order chi connectivity index (χ0) is 15.5. The Morgan fingerprint density at radius 1 is 1.43 bits per heavy atom. The van der Waals surface area contributed by atoms with Gasteiger partial charge in [-0.25, -0.2) is 0 Å². The molecule has 1 fully saturated rings. The Hall–Kier alpha value is -1.83. The topological polar surface area (TPSA) is 64.4 Å². The first kappa shape index (κ1) is 15.6. The normalized spacial score (nSPS) is 18.7. The molecule has 1 aromatic carbocycles.